The van der Waals surface area contributed by atoms with Gasteiger partial charge in [0.2, 0.25) is 0 Å². The molecule has 0 saturated carbocycles. The van der Waals surface area contributed by atoms with Gasteiger partial charge in [-0.2, -0.15) is 0 Å². The average Bonchev–Trinajstić information content (AvgIpc) is 2.21. The van der Waals surface area contributed by atoms with Crippen LogP contribution < -0.4 is 0 Å². The quantitative estimate of drug-likeness (QED) is 0.582. The summed E-state index contributed by atoms with van der Waals surface area (Å²) in [6.07, 6.45) is -0.664. The third-order valence-corrected chi connectivity index (χ3v) is 1.66. The Morgan fingerprint density at radius 3 is 2.33 bits per heavy atom. The molecule has 0 aliphatic heterocycles. The van der Waals surface area contributed by atoms with Crippen molar-refractivity contribution in [3.8, 4) is 0 Å². The van der Waals surface area contributed by atoms with Crippen LogP contribution in [0.4, 0.5) is 0 Å². The number of carboxylic acid groups (broad SMARTS) is 1. The van der Waals surface area contributed by atoms with Gasteiger partial charge in [-0.25, -0.2) is 0 Å². The third kappa shape index (κ3) is 7.90. The molecule has 0 aliphatic rings. The minimum atomic E-state index is -1.02. The summed E-state index contributed by atoms with van der Waals surface area (Å²) in [5.74, 6) is -1.57. The van der Waals surface area contributed by atoms with Crippen LogP contribution in [0.25, 0.3) is 0 Å². The Hall–Kier alpha value is -1.14. The maximum atomic E-state index is 11.0. The van der Waals surface area contributed by atoms with E-state index in [-0.39, 0.29) is 25.6 Å². The summed E-state index contributed by atoms with van der Waals surface area (Å²) in [6.45, 7) is 0.394. The first-order valence-electron chi connectivity index (χ1n) is 4.49. The molecular weight excluding hydrogens is 204 g/mol. The van der Waals surface area contributed by atoms with E-state index in [1.54, 1.807) is 0 Å². The smallest absolute Gasteiger partial charge is 0.306 e. The summed E-state index contributed by atoms with van der Waals surface area (Å²) in [6, 6.07) is 0. The van der Waals surface area contributed by atoms with E-state index >= 15 is 0 Å². The molecule has 0 fully saturated rings. The zero-order valence-corrected chi connectivity index (χ0v) is 8.89. The minimum Gasteiger partial charge on any atom is -0.481 e. The summed E-state index contributed by atoms with van der Waals surface area (Å²) in [4.78, 5) is 21.1. The molecule has 0 aliphatic carbocycles. The highest BCUT2D eigenvalue weighted by atomic mass is 16.6. The second kappa shape index (κ2) is 8.19. The van der Waals surface area contributed by atoms with Crippen LogP contribution in [0.5, 0.6) is 0 Å². The van der Waals surface area contributed by atoms with Gasteiger partial charge in [0, 0.05) is 14.2 Å². The summed E-state index contributed by atoms with van der Waals surface area (Å²) in [7, 11) is 2.99. The lowest BCUT2D eigenvalue weighted by molar-refractivity contribution is -0.151. The number of carbonyl (C=O) groups is 2. The number of carbonyl (C=O) groups excluding carboxylic acids is 1. The first kappa shape index (κ1) is 13.9. The van der Waals surface area contributed by atoms with Crippen molar-refractivity contribution >= 4 is 11.9 Å². The summed E-state index contributed by atoms with van der Waals surface area (Å²) in [5, 5.41) is 8.32. The van der Waals surface area contributed by atoms with Gasteiger partial charge in [-0.05, 0) is 0 Å². The largest absolute Gasteiger partial charge is 0.481 e. The predicted molar refractivity (Wildman–Crippen MR) is 50.5 cm³/mol. The Bertz CT molecular complexity index is 203. The van der Waals surface area contributed by atoms with Crippen LogP contribution in [0.1, 0.15) is 12.8 Å². The summed E-state index contributed by atoms with van der Waals surface area (Å²) in [5.41, 5.74) is 0. The van der Waals surface area contributed by atoms with Gasteiger partial charge < -0.3 is 19.3 Å². The molecule has 6 heteroatoms. The van der Waals surface area contributed by atoms with E-state index in [1.165, 1.54) is 14.2 Å². The van der Waals surface area contributed by atoms with Crippen LogP contribution in [0.3, 0.4) is 0 Å². The highest BCUT2D eigenvalue weighted by Crippen LogP contribution is 1.97. The standard InChI is InChI=1S/C9H16O6/c1-13-5-7(14-2)6-15-9(12)4-3-8(10)11/h7H,3-6H2,1-2H3,(H,10,11). The lowest BCUT2D eigenvalue weighted by Crippen LogP contribution is -2.25. The lowest BCUT2D eigenvalue weighted by atomic mass is 10.3. The van der Waals surface area contributed by atoms with Crippen molar-refractivity contribution in [1.29, 1.82) is 0 Å². The molecule has 0 radical (unpaired) electrons. The first-order valence-corrected chi connectivity index (χ1v) is 4.49. The number of esters is 1. The normalized spacial score (nSPS) is 12.1. The molecule has 1 unspecified atom stereocenters. The predicted octanol–water partition coefficient (Wildman–Crippen LogP) is 0.0558. The van der Waals surface area contributed by atoms with E-state index in [0.717, 1.165) is 0 Å². The topological polar surface area (TPSA) is 82.1 Å². The van der Waals surface area contributed by atoms with Crippen LogP contribution >= 0.6 is 0 Å². The molecule has 6 nitrogen and oxygen atoms in total. The Labute approximate surface area is 88.1 Å². The van der Waals surface area contributed by atoms with E-state index in [2.05, 4.69) is 0 Å². The maximum Gasteiger partial charge on any atom is 0.306 e. The molecule has 0 aromatic rings. The Kier molecular flexibility index (Phi) is 7.57. The fourth-order valence-corrected chi connectivity index (χ4v) is 0.837. The molecule has 1 N–H and O–H groups in total. The van der Waals surface area contributed by atoms with Crippen LogP contribution in [0, 0.1) is 0 Å². The van der Waals surface area contributed by atoms with Crippen LogP contribution in [-0.4, -0.2) is 50.6 Å². The van der Waals surface area contributed by atoms with E-state index in [9.17, 15) is 9.59 Å². The minimum absolute atomic E-state index is 0.0722. The van der Waals surface area contributed by atoms with Gasteiger partial charge in [0.25, 0.3) is 0 Å². The van der Waals surface area contributed by atoms with Gasteiger partial charge in [-0.3, -0.25) is 9.59 Å². The van der Waals surface area contributed by atoms with Gasteiger partial charge in [-0.1, -0.05) is 0 Å². The van der Waals surface area contributed by atoms with Crippen molar-refractivity contribution in [1.82, 2.24) is 0 Å². The zero-order valence-electron chi connectivity index (χ0n) is 8.89. The van der Waals surface area contributed by atoms with Crippen LogP contribution in [-0.2, 0) is 23.8 Å². The van der Waals surface area contributed by atoms with Crippen molar-refractivity contribution in [2.75, 3.05) is 27.4 Å². The molecule has 0 aromatic carbocycles. The molecule has 1 atom stereocenters. The van der Waals surface area contributed by atoms with Gasteiger partial charge in [0.1, 0.15) is 12.7 Å². The van der Waals surface area contributed by atoms with Gasteiger partial charge in [0.05, 0.1) is 19.4 Å². The summed E-state index contributed by atoms with van der Waals surface area (Å²) < 4.78 is 14.6. The molecule has 0 aromatic heterocycles. The fraction of sp³-hybridized carbons (Fsp3) is 0.778. The number of hydrogen-bond acceptors (Lipinski definition) is 5. The molecule has 0 bridgehead atoms. The van der Waals surface area contributed by atoms with E-state index in [1.807, 2.05) is 0 Å². The Morgan fingerprint density at radius 2 is 1.87 bits per heavy atom. The van der Waals surface area contributed by atoms with Crippen molar-refractivity contribution in [3.63, 3.8) is 0 Å². The molecule has 0 amide bonds. The SMILES string of the molecule is COCC(COC(=O)CCC(=O)O)OC. The number of hydrogen-bond donors (Lipinski definition) is 1. The molecule has 0 spiro atoms. The van der Waals surface area contributed by atoms with Crippen molar-refractivity contribution < 1.29 is 28.9 Å². The fourth-order valence-electron chi connectivity index (χ4n) is 0.837. The number of aliphatic carboxylic acids is 1. The highest BCUT2D eigenvalue weighted by molar-refractivity contribution is 5.76. The number of rotatable bonds is 8. The first-order chi connectivity index (χ1) is 7.10. The summed E-state index contributed by atoms with van der Waals surface area (Å²) >= 11 is 0. The third-order valence-electron chi connectivity index (χ3n) is 1.66. The molecule has 88 valence electrons. The molecular formula is C9H16O6. The second-order valence-electron chi connectivity index (χ2n) is 2.89. The molecule has 0 rings (SSSR count). The van der Waals surface area contributed by atoms with Crippen molar-refractivity contribution in [2.24, 2.45) is 0 Å². The van der Waals surface area contributed by atoms with Crippen LogP contribution in [0.2, 0.25) is 0 Å². The van der Waals surface area contributed by atoms with E-state index < -0.39 is 11.9 Å². The maximum absolute atomic E-state index is 11.0. The van der Waals surface area contributed by atoms with E-state index in [4.69, 9.17) is 19.3 Å². The Morgan fingerprint density at radius 1 is 1.20 bits per heavy atom. The van der Waals surface area contributed by atoms with Gasteiger partial charge >= 0.3 is 11.9 Å². The van der Waals surface area contributed by atoms with Crippen molar-refractivity contribution in [3.05, 3.63) is 0 Å². The monoisotopic (exact) mass is 220 g/mol. The average molecular weight is 220 g/mol. The molecule has 0 saturated heterocycles. The van der Waals surface area contributed by atoms with Crippen LogP contribution in [0.15, 0.2) is 0 Å². The zero-order chi connectivity index (χ0) is 11.7. The Balaban J connectivity index is 3.63. The number of carboxylic acids is 1. The number of ether oxygens (including phenoxy) is 3. The van der Waals surface area contributed by atoms with Crippen molar-refractivity contribution in [2.45, 2.75) is 18.9 Å². The lowest BCUT2D eigenvalue weighted by Gasteiger charge is -2.13. The second-order valence-corrected chi connectivity index (χ2v) is 2.89. The number of methoxy groups -OCH3 is 2. The van der Waals surface area contributed by atoms with E-state index in [0.29, 0.717) is 6.61 Å². The molecule has 15 heavy (non-hydrogen) atoms. The molecule has 0 heterocycles. The highest BCUT2D eigenvalue weighted by Gasteiger charge is 2.11. The van der Waals surface area contributed by atoms with Gasteiger partial charge in [-0.15, -0.1) is 0 Å². The van der Waals surface area contributed by atoms with Gasteiger partial charge in [0.15, 0.2) is 0 Å².